The number of aliphatic hydroxyl groups is 1. The summed E-state index contributed by atoms with van der Waals surface area (Å²) in [7, 11) is 0. The van der Waals surface area contributed by atoms with E-state index in [1.807, 2.05) is 5.32 Å². The van der Waals surface area contributed by atoms with Crippen LogP contribution in [-0.2, 0) is 0 Å². The lowest BCUT2D eigenvalue weighted by atomic mass is 10.3. The molecule has 3 N–H and O–H groups in total. The zero-order valence-electron chi connectivity index (χ0n) is 8.71. The quantitative estimate of drug-likeness (QED) is 0.780. The molecule has 94 valence electrons. The zero-order valence-corrected chi connectivity index (χ0v) is 9.47. The number of alkyl halides is 2. The molecule has 0 heterocycles. The summed E-state index contributed by atoms with van der Waals surface area (Å²) in [6.07, 6.45) is 0. The third-order valence-corrected chi connectivity index (χ3v) is 2.19. The second-order valence-electron chi connectivity index (χ2n) is 3.30. The first-order chi connectivity index (χ1) is 7.94. The van der Waals surface area contributed by atoms with Crippen molar-refractivity contribution in [2.45, 2.75) is 5.92 Å². The fraction of sp³-hybridized carbons (Fsp3) is 0.300. The number of hydrogen-bond acceptors (Lipinski definition) is 2. The van der Waals surface area contributed by atoms with Crippen LogP contribution in [0.3, 0.4) is 0 Å². The number of urea groups is 1. The highest BCUT2D eigenvalue weighted by molar-refractivity contribution is 6.33. The predicted octanol–water partition coefficient (Wildman–Crippen LogP) is 2.09. The molecule has 1 rings (SSSR count). The van der Waals surface area contributed by atoms with Crippen LogP contribution in [0.1, 0.15) is 0 Å². The third kappa shape index (κ3) is 4.54. The number of para-hydroxylation sites is 1. The number of amides is 2. The highest BCUT2D eigenvalue weighted by atomic mass is 35.5. The Bertz CT molecular complexity index is 402. The van der Waals surface area contributed by atoms with Gasteiger partial charge in [-0.05, 0) is 12.1 Å². The molecular formula is C10H11ClF2N2O2. The van der Waals surface area contributed by atoms with Gasteiger partial charge in [0.1, 0.15) is 6.61 Å². The van der Waals surface area contributed by atoms with Gasteiger partial charge in [0.05, 0.1) is 17.3 Å². The molecule has 17 heavy (non-hydrogen) atoms. The highest BCUT2D eigenvalue weighted by Gasteiger charge is 2.28. The molecule has 0 aromatic heterocycles. The molecule has 1 aromatic rings. The summed E-state index contributed by atoms with van der Waals surface area (Å²) < 4.78 is 25.2. The Labute approximate surface area is 102 Å². The van der Waals surface area contributed by atoms with Crippen molar-refractivity contribution >= 4 is 23.3 Å². The van der Waals surface area contributed by atoms with Crippen molar-refractivity contribution in [1.29, 1.82) is 0 Å². The van der Waals surface area contributed by atoms with E-state index < -0.39 is 25.1 Å². The molecule has 0 aliphatic carbocycles. The Balaban J connectivity index is 2.48. The van der Waals surface area contributed by atoms with Crippen molar-refractivity contribution in [2.24, 2.45) is 0 Å². The lowest BCUT2D eigenvalue weighted by molar-refractivity contribution is -0.0451. The van der Waals surface area contributed by atoms with Crippen LogP contribution in [0.25, 0.3) is 0 Å². The van der Waals surface area contributed by atoms with E-state index in [0.717, 1.165) is 0 Å². The number of carbonyl (C=O) groups is 1. The van der Waals surface area contributed by atoms with Gasteiger partial charge < -0.3 is 15.7 Å². The van der Waals surface area contributed by atoms with Gasteiger partial charge in [-0.2, -0.15) is 0 Å². The molecular weight excluding hydrogens is 254 g/mol. The standard InChI is InChI=1S/C10H11ClF2N2O2/c11-7-3-1-2-4-8(7)15-9(17)14-5-10(12,13)6-16/h1-4,16H,5-6H2,(H2,14,15,17). The average Bonchev–Trinajstić information content (AvgIpc) is 2.30. The van der Waals surface area contributed by atoms with Crippen LogP contribution in [0.5, 0.6) is 0 Å². The van der Waals surface area contributed by atoms with E-state index in [4.69, 9.17) is 16.7 Å². The van der Waals surface area contributed by atoms with E-state index in [1.165, 1.54) is 6.07 Å². The fourth-order valence-corrected chi connectivity index (χ4v) is 1.18. The molecule has 1 aromatic carbocycles. The molecule has 0 saturated heterocycles. The van der Waals surface area contributed by atoms with Gasteiger partial charge in [-0.1, -0.05) is 23.7 Å². The van der Waals surface area contributed by atoms with Gasteiger partial charge in [-0.3, -0.25) is 0 Å². The smallest absolute Gasteiger partial charge is 0.319 e. The molecule has 2 amide bonds. The van der Waals surface area contributed by atoms with Gasteiger partial charge in [-0.25, -0.2) is 13.6 Å². The molecule has 0 radical (unpaired) electrons. The number of hydrogen-bond donors (Lipinski definition) is 3. The topological polar surface area (TPSA) is 61.4 Å². The molecule has 0 atom stereocenters. The van der Waals surface area contributed by atoms with E-state index in [0.29, 0.717) is 10.7 Å². The van der Waals surface area contributed by atoms with E-state index in [2.05, 4.69) is 5.32 Å². The number of aliphatic hydroxyl groups excluding tert-OH is 1. The highest BCUT2D eigenvalue weighted by Crippen LogP contribution is 2.20. The summed E-state index contributed by atoms with van der Waals surface area (Å²) in [5, 5.41) is 12.8. The Kier molecular flexibility index (Phi) is 4.65. The molecule has 4 nitrogen and oxygen atoms in total. The van der Waals surface area contributed by atoms with Gasteiger partial charge in [0.15, 0.2) is 0 Å². The van der Waals surface area contributed by atoms with Gasteiger partial charge >= 0.3 is 6.03 Å². The second-order valence-corrected chi connectivity index (χ2v) is 3.71. The Morgan fingerprint density at radius 3 is 2.65 bits per heavy atom. The molecule has 0 unspecified atom stereocenters. The van der Waals surface area contributed by atoms with E-state index >= 15 is 0 Å². The summed E-state index contributed by atoms with van der Waals surface area (Å²) in [6, 6.07) is 5.59. The SMILES string of the molecule is O=C(NCC(F)(F)CO)Nc1ccccc1Cl. The monoisotopic (exact) mass is 264 g/mol. The minimum absolute atomic E-state index is 0.302. The van der Waals surface area contributed by atoms with Crippen molar-refractivity contribution in [3.8, 4) is 0 Å². The third-order valence-electron chi connectivity index (χ3n) is 1.86. The number of nitrogens with one attached hydrogen (secondary N) is 2. The van der Waals surface area contributed by atoms with Gasteiger partial charge in [0, 0.05) is 0 Å². The number of anilines is 1. The molecule has 0 aliphatic heterocycles. The molecule has 0 spiro atoms. The van der Waals surface area contributed by atoms with Crippen LogP contribution in [0, 0.1) is 0 Å². The van der Waals surface area contributed by atoms with E-state index in [-0.39, 0.29) is 0 Å². The van der Waals surface area contributed by atoms with Crippen molar-refractivity contribution in [3.63, 3.8) is 0 Å². The Hall–Kier alpha value is -1.40. The minimum atomic E-state index is -3.34. The first kappa shape index (κ1) is 13.7. The number of halogens is 3. The van der Waals surface area contributed by atoms with Crippen LogP contribution < -0.4 is 10.6 Å². The molecule has 0 aliphatic rings. The Morgan fingerprint density at radius 2 is 2.06 bits per heavy atom. The van der Waals surface area contributed by atoms with Crippen LogP contribution >= 0.6 is 11.6 Å². The van der Waals surface area contributed by atoms with E-state index in [1.54, 1.807) is 18.2 Å². The first-order valence-corrected chi connectivity index (χ1v) is 5.10. The lowest BCUT2D eigenvalue weighted by Gasteiger charge is -2.14. The normalized spacial score (nSPS) is 11.1. The number of carbonyl (C=O) groups excluding carboxylic acids is 1. The number of rotatable bonds is 4. The second kappa shape index (κ2) is 5.79. The zero-order chi connectivity index (χ0) is 12.9. The number of benzene rings is 1. The minimum Gasteiger partial charge on any atom is -0.390 e. The van der Waals surface area contributed by atoms with Gasteiger partial charge in [0.25, 0.3) is 5.92 Å². The van der Waals surface area contributed by atoms with Crippen LogP contribution in [0.15, 0.2) is 24.3 Å². The van der Waals surface area contributed by atoms with Gasteiger partial charge in [0.2, 0.25) is 0 Å². The van der Waals surface area contributed by atoms with Gasteiger partial charge in [-0.15, -0.1) is 0 Å². The maximum Gasteiger partial charge on any atom is 0.319 e. The van der Waals surface area contributed by atoms with Crippen molar-refractivity contribution in [2.75, 3.05) is 18.5 Å². The lowest BCUT2D eigenvalue weighted by Crippen LogP contribution is -2.40. The summed E-state index contributed by atoms with van der Waals surface area (Å²) in [4.78, 5) is 11.2. The average molecular weight is 265 g/mol. The summed E-state index contributed by atoms with van der Waals surface area (Å²) in [5.41, 5.74) is 0.319. The van der Waals surface area contributed by atoms with Crippen LogP contribution in [0.4, 0.5) is 19.3 Å². The van der Waals surface area contributed by atoms with Crippen molar-refractivity contribution in [3.05, 3.63) is 29.3 Å². The Morgan fingerprint density at radius 1 is 1.41 bits per heavy atom. The summed E-state index contributed by atoms with van der Waals surface area (Å²) in [6.45, 7) is -2.26. The van der Waals surface area contributed by atoms with Crippen molar-refractivity contribution in [1.82, 2.24) is 5.32 Å². The molecule has 0 bridgehead atoms. The predicted molar refractivity (Wildman–Crippen MR) is 60.5 cm³/mol. The summed E-state index contributed by atoms with van der Waals surface area (Å²) in [5.74, 6) is -3.34. The van der Waals surface area contributed by atoms with E-state index in [9.17, 15) is 13.6 Å². The maximum absolute atomic E-state index is 12.6. The van der Waals surface area contributed by atoms with Crippen LogP contribution in [-0.4, -0.2) is 30.2 Å². The molecule has 7 heteroatoms. The molecule has 0 fully saturated rings. The van der Waals surface area contributed by atoms with Crippen LogP contribution in [0.2, 0.25) is 5.02 Å². The molecule has 0 saturated carbocycles. The first-order valence-electron chi connectivity index (χ1n) is 4.73. The maximum atomic E-state index is 12.6. The fourth-order valence-electron chi connectivity index (χ4n) is 0.995. The van der Waals surface area contributed by atoms with Crippen molar-refractivity contribution < 1.29 is 18.7 Å². The summed E-state index contributed by atoms with van der Waals surface area (Å²) >= 11 is 5.76. The largest absolute Gasteiger partial charge is 0.390 e.